The maximum absolute atomic E-state index is 12.5. The van der Waals surface area contributed by atoms with Gasteiger partial charge in [0.05, 0.1) is 6.20 Å². The lowest BCUT2D eigenvalue weighted by Gasteiger charge is -2.00. The van der Waals surface area contributed by atoms with Crippen LogP contribution in [-0.4, -0.2) is 12.0 Å². The summed E-state index contributed by atoms with van der Waals surface area (Å²) < 4.78 is 12.5. The molecule has 4 heteroatoms. The van der Waals surface area contributed by atoms with Gasteiger partial charge in [-0.3, -0.25) is 15.8 Å². The molecule has 0 unspecified atom stereocenters. The van der Waals surface area contributed by atoms with Gasteiger partial charge in [-0.2, -0.15) is 0 Å². The van der Waals surface area contributed by atoms with Crippen molar-refractivity contribution in [2.75, 3.05) is 7.05 Å². The van der Waals surface area contributed by atoms with Gasteiger partial charge in [0.25, 0.3) is 0 Å². The van der Waals surface area contributed by atoms with Gasteiger partial charge in [0, 0.05) is 12.7 Å². The van der Waals surface area contributed by atoms with E-state index in [4.69, 9.17) is 0 Å². The number of aromatic nitrogens is 1. The van der Waals surface area contributed by atoms with Crippen LogP contribution >= 0.6 is 0 Å². The van der Waals surface area contributed by atoms with E-state index in [1.54, 1.807) is 13.2 Å². The number of rotatable bonds is 3. The van der Waals surface area contributed by atoms with E-state index in [-0.39, 0.29) is 5.82 Å². The zero-order valence-electron chi connectivity index (χ0n) is 6.26. The minimum atomic E-state index is -0.305. The highest BCUT2D eigenvalue weighted by molar-refractivity contribution is 5.09. The first-order valence-electron chi connectivity index (χ1n) is 3.32. The average Bonchev–Trinajstić information content (AvgIpc) is 2.01. The second-order valence-electron chi connectivity index (χ2n) is 2.11. The third-order valence-corrected chi connectivity index (χ3v) is 1.23. The van der Waals surface area contributed by atoms with E-state index in [0.717, 1.165) is 5.56 Å². The zero-order chi connectivity index (χ0) is 8.10. The third kappa shape index (κ3) is 2.61. The lowest BCUT2D eigenvalue weighted by atomic mass is 10.3. The Balaban J connectivity index is 2.56. The molecule has 1 aromatic heterocycles. The Morgan fingerprint density at radius 2 is 2.36 bits per heavy atom. The minimum Gasteiger partial charge on any atom is -0.261 e. The molecule has 1 rings (SSSR count). The van der Waals surface area contributed by atoms with Crippen molar-refractivity contribution in [1.29, 1.82) is 0 Å². The fourth-order valence-corrected chi connectivity index (χ4v) is 0.743. The van der Waals surface area contributed by atoms with Crippen LogP contribution in [0, 0.1) is 5.82 Å². The standard InChI is InChI=1S/C7H10FN3/c1-9-11-4-6-2-7(8)5-10-3-6/h2-3,5,9,11H,4H2,1H3. The van der Waals surface area contributed by atoms with Crippen molar-refractivity contribution in [3.8, 4) is 0 Å². The number of nitrogens with one attached hydrogen (secondary N) is 2. The van der Waals surface area contributed by atoms with E-state index < -0.39 is 0 Å². The summed E-state index contributed by atoms with van der Waals surface area (Å²) in [5.74, 6) is -0.305. The number of hydrogen-bond acceptors (Lipinski definition) is 3. The quantitative estimate of drug-likeness (QED) is 0.622. The first-order valence-corrected chi connectivity index (χ1v) is 3.32. The Kier molecular flexibility index (Phi) is 2.95. The van der Waals surface area contributed by atoms with Crippen molar-refractivity contribution in [1.82, 2.24) is 15.8 Å². The van der Waals surface area contributed by atoms with Crippen molar-refractivity contribution in [3.63, 3.8) is 0 Å². The van der Waals surface area contributed by atoms with Gasteiger partial charge in [0.15, 0.2) is 0 Å². The van der Waals surface area contributed by atoms with Gasteiger partial charge < -0.3 is 0 Å². The molecule has 1 heterocycles. The molecule has 0 atom stereocenters. The van der Waals surface area contributed by atoms with Gasteiger partial charge in [0.1, 0.15) is 5.82 Å². The number of pyridine rings is 1. The van der Waals surface area contributed by atoms with Crippen LogP contribution in [0.15, 0.2) is 18.5 Å². The van der Waals surface area contributed by atoms with Crippen molar-refractivity contribution in [2.24, 2.45) is 0 Å². The summed E-state index contributed by atoms with van der Waals surface area (Å²) in [6, 6.07) is 1.44. The molecule has 0 saturated heterocycles. The Morgan fingerprint density at radius 3 is 3.00 bits per heavy atom. The smallest absolute Gasteiger partial charge is 0.141 e. The minimum absolute atomic E-state index is 0.305. The summed E-state index contributed by atoms with van der Waals surface area (Å²) in [6.07, 6.45) is 2.80. The van der Waals surface area contributed by atoms with Crippen molar-refractivity contribution in [2.45, 2.75) is 6.54 Å². The molecule has 1 aromatic rings. The van der Waals surface area contributed by atoms with Gasteiger partial charge >= 0.3 is 0 Å². The molecule has 0 bridgehead atoms. The van der Waals surface area contributed by atoms with Gasteiger partial charge in [-0.05, 0) is 18.7 Å². The molecule has 60 valence electrons. The van der Waals surface area contributed by atoms with Crippen LogP contribution in [0.5, 0.6) is 0 Å². The van der Waals surface area contributed by atoms with Gasteiger partial charge in [-0.15, -0.1) is 0 Å². The summed E-state index contributed by atoms with van der Waals surface area (Å²) in [4.78, 5) is 3.69. The van der Waals surface area contributed by atoms with Crippen LogP contribution in [0.25, 0.3) is 0 Å². The third-order valence-electron chi connectivity index (χ3n) is 1.23. The lowest BCUT2D eigenvalue weighted by Crippen LogP contribution is -2.26. The van der Waals surface area contributed by atoms with Crippen LogP contribution in [0.4, 0.5) is 4.39 Å². The van der Waals surface area contributed by atoms with Gasteiger partial charge in [-0.1, -0.05) is 0 Å². The zero-order valence-corrected chi connectivity index (χ0v) is 6.26. The van der Waals surface area contributed by atoms with Crippen LogP contribution in [0.1, 0.15) is 5.56 Å². The number of halogens is 1. The van der Waals surface area contributed by atoms with Crippen molar-refractivity contribution in [3.05, 3.63) is 29.8 Å². The second kappa shape index (κ2) is 4.00. The first kappa shape index (κ1) is 8.10. The van der Waals surface area contributed by atoms with Gasteiger partial charge in [-0.25, -0.2) is 4.39 Å². The first-order chi connectivity index (χ1) is 5.33. The topological polar surface area (TPSA) is 37.0 Å². The molecule has 11 heavy (non-hydrogen) atoms. The second-order valence-corrected chi connectivity index (χ2v) is 2.11. The van der Waals surface area contributed by atoms with E-state index in [1.165, 1.54) is 12.3 Å². The van der Waals surface area contributed by atoms with Crippen LogP contribution in [0.2, 0.25) is 0 Å². The van der Waals surface area contributed by atoms with E-state index in [2.05, 4.69) is 15.8 Å². The fraction of sp³-hybridized carbons (Fsp3) is 0.286. The maximum Gasteiger partial charge on any atom is 0.141 e. The highest BCUT2D eigenvalue weighted by Gasteiger charge is 1.93. The molecule has 0 fully saturated rings. The Morgan fingerprint density at radius 1 is 1.55 bits per heavy atom. The molecule has 3 nitrogen and oxygen atoms in total. The highest BCUT2D eigenvalue weighted by Crippen LogP contribution is 1.98. The molecule has 0 spiro atoms. The lowest BCUT2D eigenvalue weighted by molar-refractivity contribution is 0.583. The summed E-state index contributed by atoms with van der Waals surface area (Å²) in [5, 5.41) is 0. The number of hydrazine groups is 1. The highest BCUT2D eigenvalue weighted by atomic mass is 19.1. The molecule has 0 amide bonds. The summed E-state index contributed by atoms with van der Waals surface area (Å²) in [5.41, 5.74) is 6.39. The van der Waals surface area contributed by atoms with E-state index in [0.29, 0.717) is 6.54 Å². The summed E-state index contributed by atoms with van der Waals surface area (Å²) >= 11 is 0. The molecule has 0 saturated carbocycles. The van der Waals surface area contributed by atoms with Crippen LogP contribution in [0.3, 0.4) is 0 Å². The Labute approximate surface area is 64.6 Å². The normalized spacial score (nSPS) is 10.0. The number of nitrogens with zero attached hydrogens (tertiary/aromatic N) is 1. The summed E-state index contributed by atoms with van der Waals surface area (Å²) in [6.45, 7) is 0.571. The van der Waals surface area contributed by atoms with Crippen LogP contribution < -0.4 is 10.9 Å². The molecule has 0 radical (unpaired) electrons. The molecule has 0 aliphatic rings. The van der Waals surface area contributed by atoms with Crippen molar-refractivity contribution < 1.29 is 4.39 Å². The van der Waals surface area contributed by atoms with Crippen molar-refractivity contribution >= 4 is 0 Å². The van der Waals surface area contributed by atoms with E-state index >= 15 is 0 Å². The monoisotopic (exact) mass is 155 g/mol. The molecular formula is C7H10FN3. The van der Waals surface area contributed by atoms with E-state index in [9.17, 15) is 4.39 Å². The fourth-order valence-electron chi connectivity index (χ4n) is 0.743. The van der Waals surface area contributed by atoms with Crippen LogP contribution in [-0.2, 0) is 6.54 Å². The maximum atomic E-state index is 12.5. The molecule has 0 aromatic carbocycles. The number of hydrogen-bond donors (Lipinski definition) is 2. The average molecular weight is 155 g/mol. The largest absolute Gasteiger partial charge is 0.261 e. The predicted octanol–water partition coefficient (Wildman–Crippen LogP) is 0.445. The Bertz CT molecular complexity index is 227. The molecule has 0 aliphatic heterocycles. The molecular weight excluding hydrogens is 145 g/mol. The molecule has 2 N–H and O–H groups in total. The van der Waals surface area contributed by atoms with E-state index in [1.807, 2.05) is 0 Å². The Hall–Kier alpha value is -1.00. The SMILES string of the molecule is CNNCc1cncc(F)c1. The van der Waals surface area contributed by atoms with Gasteiger partial charge in [0.2, 0.25) is 0 Å². The molecule has 0 aliphatic carbocycles. The predicted molar refractivity (Wildman–Crippen MR) is 40.1 cm³/mol. The summed E-state index contributed by atoms with van der Waals surface area (Å²) in [7, 11) is 1.76.